The maximum Gasteiger partial charge on any atom is 0.257 e. The molecule has 1 aromatic heterocycles. The lowest BCUT2D eigenvalue weighted by Crippen LogP contribution is -2.32. The van der Waals surface area contributed by atoms with Crippen molar-refractivity contribution >= 4 is 11.9 Å². The van der Waals surface area contributed by atoms with E-state index in [4.69, 9.17) is 10.5 Å². The lowest BCUT2D eigenvalue weighted by Gasteiger charge is -2.21. The first-order valence-electron chi connectivity index (χ1n) is 10.2. The molecule has 0 aliphatic rings. The minimum Gasteiger partial charge on any atom is -0.493 e. The Morgan fingerprint density at radius 3 is 2.47 bits per heavy atom. The van der Waals surface area contributed by atoms with E-state index < -0.39 is 0 Å². The largest absolute Gasteiger partial charge is 0.493 e. The van der Waals surface area contributed by atoms with E-state index in [-0.39, 0.29) is 11.9 Å². The summed E-state index contributed by atoms with van der Waals surface area (Å²) in [5.74, 6) is 0.774. The van der Waals surface area contributed by atoms with Gasteiger partial charge < -0.3 is 15.4 Å². The van der Waals surface area contributed by atoms with Gasteiger partial charge >= 0.3 is 0 Å². The normalized spacial score (nSPS) is 10.6. The number of benzene rings is 2. The maximum absolute atomic E-state index is 13.1. The monoisotopic (exact) mass is 404 g/mol. The molecule has 2 aromatic carbocycles. The Morgan fingerprint density at radius 1 is 1.03 bits per heavy atom. The number of nitrogen functional groups attached to an aromatic ring is 1. The number of carbonyl (C=O) groups is 1. The Hall–Kier alpha value is -3.41. The van der Waals surface area contributed by atoms with Crippen molar-refractivity contribution in [1.82, 2.24) is 14.9 Å². The Bertz CT molecular complexity index is 1000. The third kappa shape index (κ3) is 4.95. The molecule has 0 unspecified atom stereocenters. The molecular formula is C24H28N4O2. The Balaban J connectivity index is 1.88. The van der Waals surface area contributed by atoms with Crippen LogP contribution < -0.4 is 10.5 Å². The molecular weight excluding hydrogens is 376 g/mol. The van der Waals surface area contributed by atoms with Crippen LogP contribution in [-0.4, -0.2) is 40.5 Å². The van der Waals surface area contributed by atoms with Crippen LogP contribution in [0.2, 0.25) is 0 Å². The lowest BCUT2D eigenvalue weighted by atomic mass is 10.0. The van der Waals surface area contributed by atoms with Gasteiger partial charge in [0.05, 0.1) is 23.6 Å². The highest BCUT2D eigenvalue weighted by atomic mass is 16.5. The van der Waals surface area contributed by atoms with E-state index in [1.165, 1.54) is 5.56 Å². The molecule has 3 rings (SSSR count). The fraction of sp³-hybridized carbons (Fsp3) is 0.292. The van der Waals surface area contributed by atoms with E-state index >= 15 is 0 Å². The first-order valence-corrected chi connectivity index (χ1v) is 10.2. The summed E-state index contributed by atoms with van der Waals surface area (Å²) in [6.45, 7) is 7.48. The number of aromatic nitrogens is 2. The second-order valence-electron chi connectivity index (χ2n) is 6.98. The van der Waals surface area contributed by atoms with Gasteiger partial charge in [-0.05, 0) is 38.5 Å². The van der Waals surface area contributed by atoms with Crippen LogP contribution in [0.4, 0.5) is 5.95 Å². The van der Waals surface area contributed by atoms with Gasteiger partial charge in [0.1, 0.15) is 5.75 Å². The fourth-order valence-corrected chi connectivity index (χ4v) is 3.39. The summed E-state index contributed by atoms with van der Waals surface area (Å²) in [6, 6.07) is 17.8. The molecule has 0 aliphatic carbocycles. The summed E-state index contributed by atoms with van der Waals surface area (Å²) in [6.07, 6.45) is 0.816. The van der Waals surface area contributed by atoms with Crippen molar-refractivity contribution in [2.45, 2.75) is 27.2 Å². The van der Waals surface area contributed by atoms with Crippen LogP contribution in [0.15, 0.2) is 54.6 Å². The van der Waals surface area contributed by atoms with Crippen molar-refractivity contribution in [3.05, 3.63) is 71.4 Å². The summed E-state index contributed by atoms with van der Waals surface area (Å²) in [4.78, 5) is 23.5. The van der Waals surface area contributed by atoms with Gasteiger partial charge in [0.2, 0.25) is 5.95 Å². The van der Waals surface area contributed by atoms with E-state index in [9.17, 15) is 4.79 Å². The van der Waals surface area contributed by atoms with Gasteiger partial charge in [0.15, 0.2) is 0 Å². The van der Waals surface area contributed by atoms with Crippen molar-refractivity contribution in [2.75, 3.05) is 25.4 Å². The Labute approximate surface area is 177 Å². The van der Waals surface area contributed by atoms with Crippen LogP contribution in [0, 0.1) is 6.92 Å². The van der Waals surface area contributed by atoms with E-state index in [1.807, 2.05) is 56.3 Å². The van der Waals surface area contributed by atoms with Crippen LogP contribution in [0.5, 0.6) is 5.75 Å². The number of amides is 1. The molecule has 0 saturated heterocycles. The van der Waals surface area contributed by atoms with Gasteiger partial charge in [-0.3, -0.25) is 4.79 Å². The predicted octanol–water partition coefficient (Wildman–Crippen LogP) is 4.14. The van der Waals surface area contributed by atoms with E-state index in [0.29, 0.717) is 36.6 Å². The lowest BCUT2D eigenvalue weighted by molar-refractivity contribution is 0.0772. The number of nitrogens with zero attached hydrogens (tertiary/aromatic N) is 3. The molecule has 0 radical (unpaired) electrons. The topological polar surface area (TPSA) is 81.3 Å². The average Bonchev–Trinajstić information content (AvgIpc) is 2.75. The van der Waals surface area contributed by atoms with Crippen molar-refractivity contribution < 1.29 is 9.53 Å². The molecule has 1 amide bonds. The van der Waals surface area contributed by atoms with Crippen molar-refractivity contribution in [3.63, 3.8) is 0 Å². The zero-order chi connectivity index (χ0) is 21.5. The SMILES string of the molecule is CCN(CC)C(=O)c1c(C)nc(N)nc1-c1cccc(OCCc2ccccc2)c1. The van der Waals surface area contributed by atoms with E-state index in [1.54, 1.807) is 11.8 Å². The number of nitrogens with two attached hydrogens (primary N) is 1. The van der Waals surface area contributed by atoms with Crippen molar-refractivity contribution in [2.24, 2.45) is 0 Å². The highest BCUT2D eigenvalue weighted by molar-refractivity contribution is 6.01. The number of ether oxygens (including phenoxy) is 1. The summed E-state index contributed by atoms with van der Waals surface area (Å²) in [5.41, 5.74) is 9.50. The van der Waals surface area contributed by atoms with Crippen molar-refractivity contribution in [1.29, 1.82) is 0 Å². The molecule has 1 heterocycles. The minimum absolute atomic E-state index is 0.0945. The second kappa shape index (κ2) is 9.87. The van der Waals surface area contributed by atoms with Crippen LogP contribution in [0.1, 0.15) is 35.5 Å². The molecule has 3 aromatic rings. The van der Waals surface area contributed by atoms with Gasteiger partial charge in [-0.1, -0.05) is 42.5 Å². The first-order chi connectivity index (χ1) is 14.5. The molecule has 6 heteroatoms. The quantitative estimate of drug-likeness (QED) is 0.610. The maximum atomic E-state index is 13.1. The number of hydrogen-bond acceptors (Lipinski definition) is 5. The number of rotatable bonds is 8. The second-order valence-corrected chi connectivity index (χ2v) is 6.98. The van der Waals surface area contributed by atoms with Gasteiger partial charge in [-0.15, -0.1) is 0 Å². The summed E-state index contributed by atoms with van der Waals surface area (Å²) >= 11 is 0. The number of hydrogen-bond donors (Lipinski definition) is 1. The Morgan fingerprint density at radius 2 is 1.77 bits per heavy atom. The molecule has 0 saturated carbocycles. The predicted molar refractivity (Wildman–Crippen MR) is 120 cm³/mol. The molecule has 0 spiro atoms. The summed E-state index contributed by atoms with van der Waals surface area (Å²) < 4.78 is 5.95. The highest BCUT2D eigenvalue weighted by Gasteiger charge is 2.23. The standard InChI is InChI=1S/C24H28N4O2/c1-4-28(5-2)23(29)21-17(3)26-24(25)27-22(21)19-12-9-13-20(16-19)30-15-14-18-10-7-6-8-11-18/h6-13,16H,4-5,14-15H2,1-3H3,(H2,25,26,27). The molecule has 0 aliphatic heterocycles. The smallest absolute Gasteiger partial charge is 0.257 e. The van der Waals surface area contributed by atoms with E-state index in [2.05, 4.69) is 22.1 Å². The Kier molecular flexibility index (Phi) is 7.01. The summed E-state index contributed by atoms with van der Waals surface area (Å²) in [5, 5.41) is 0. The fourth-order valence-electron chi connectivity index (χ4n) is 3.39. The van der Waals surface area contributed by atoms with Crippen LogP contribution >= 0.6 is 0 Å². The van der Waals surface area contributed by atoms with Crippen molar-refractivity contribution in [3.8, 4) is 17.0 Å². The molecule has 0 fully saturated rings. The van der Waals surface area contributed by atoms with Crippen LogP contribution in [-0.2, 0) is 6.42 Å². The molecule has 156 valence electrons. The average molecular weight is 405 g/mol. The molecule has 30 heavy (non-hydrogen) atoms. The van der Waals surface area contributed by atoms with E-state index in [0.717, 1.165) is 17.7 Å². The number of anilines is 1. The first kappa shape index (κ1) is 21.3. The molecule has 0 bridgehead atoms. The van der Waals surface area contributed by atoms with Gasteiger partial charge in [-0.2, -0.15) is 0 Å². The third-order valence-corrected chi connectivity index (χ3v) is 4.98. The zero-order valence-corrected chi connectivity index (χ0v) is 17.8. The van der Waals surface area contributed by atoms with Crippen LogP contribution in [0.3, 0.4) is 0 Å². The third-order valence-electron chi connectivity index (χ3n) is 4.98. The minimum atomic E-state index is -0.0945. The van der Waals surface area contributed by atoms with Gasteiger partial charge in [0.25, 0.3) is 5.91 Å². The zero-order valence-electron chi connectivity index (χ0n) is 17.8. The summed E-state index contributed by atoms with van der Waals surface area (Å²) in [7, 11) is 0. The molecule has 0 atom stereocenters. The molecule has 2 N–H and O–H groups in total. The van der Waals surface area contributed by atoms with Gasteiger partial charge in [-0.25, -0.2) is 9.97 Å². The molecule has 6 nitrogen and oxygen atoms in total. The number of aryl methyl sites for hydroxylation is 1. The van der Waals surface area contributed by atoms with Gasteiger partial charge in [0, 0.05) is 25.1 Å². The highest BCUT2D eigenvalue weighted by Crippen LogP contribution is 2.28. The number of carbonyl (C=O) groups excluding carboxylic acids is 1. The van der Waals surface area contributed by atoms with Crippen LogP contribution in [0.25, 0.3) is 11.3 Å².